The molecule has 22 heavy (non-hydrogen) atoms. The molecule has 1 amide bonds. The zero-order chi connectivity index (χ0) is 15.6. The van der Waals surface area contributed by atoms with Gasteiger partial charge in [-0.3, -0.25) is 4.79 Å². The van der Waals surface area contributed by atoms with Gasteiger partial charge in [-0.15, -0.1) is 0 Å². The highest BCUT2D eigenvalue weighted by molar-refractivity contribution is 5.95. The summed E-state index contributed by atoms with van der Waals surface area (Å²) in [5.41, 5.74) is 2.67. The van der Waals surface area contributed by atoms with Gasteiger partial charge in [0.1, 0.15) is 0 Å². The van der Waals surface area contributed by atoms with Crippen molar-refractivity contribution in [3.8, 4) is 0 Å². The molecular formula is C17H24N2O3. The number of hydrogen-bond acceptors (Lipinski definition) is 4. The number of anilines is 1. The average Bonchev–Trinajstić information content (AvgIpc) is 3.01. The summed E-state index contributed by atoms with van der Waals surface area (Å²) in [4.78, 5) is 14.3. The smallest absolute Gasteiger partial charge is 0.253 e. The highest BCUT2D eigenvalue weighted by Gasteiger charge is 2.37. The molecule has 2 fully saturated rings. The van der Waals surface area contributed by atoms with Gasteiger partial charge in [-0.2, -0.15) is 0 Å². The van der Waals surface area contributed by atoms with Gasteiger partial charge in [-0.05, 0) is 43.5 Å². The first-order valence-corrected chi connectivity index (χ1v) is 7.96. The summed E-state index contributed by atoms with van der Waals surface area (Å²) in [5, 5.41) is 12.8. The Morgan fingerprint density at radius 1 is 1.36 bits per heavy atom. The molecule has 2 saturated heterocycles. The highest BCUT2D eigenvalue weighted by atomic mass is 16.5. The van der Waals surface area contributed by atoms with E-state index in [0.29, 0.717) is 19.8 Å². The molecular weight excluding hydrogens is 280 g/mol. The second kappa shape index (κ2) is 6.26. The lowest BCUT2D eigenvalue weighted by atomic mass is 9.87. The topological polar surface area (TPSA) is 61.8 Å². The third-order valence-electron chi connectivity index (χ3n) is 4.67. The molecule has 0 spiro atoms. The minimum absolute atomic E-state index is 0.130. The Kier molecular flexibility index (Phi) is 4.36. The molecule has 1 aromatic rings. The second-order valence-electron chi connectivity index (χ2n) is 6.53. The van der Waals surface area contributed by atoms with Gasteiger partial charge in [0.2, 0.25) is 0 Å². The molecule has 0 radical (unpaired) electrons. The van der Waals surface area contributed by atoms with Crippen molar-refractivity contribution in [1.82, 2.24) is 4.90 Å². The lowest BCUT2D eigenvalue weighted by Crippen LogP contribution is -2.50. The third kappa shape index (κ3) is 2.96. The number of hydrogen-bond donors (Lipinski definition) is 2. The summed E-state index contributed by atoms with van der Waals surface area (Å²) >= 11 is 0. The third-order valence-corrected chi connectivity index (χ3v) is 4.67. The molecule has 5 nitrogen and oxygen atoms in total. The molecule has 0 saturated carbocycles. The summed E-state index contributed by atoms with van der Waals surface area (Å²) in [5.74, 6) is 0.131. The number of rotatable bonds is 5. The first-order chi connectivity index (χ1) is 10.6. The number of aliphatic hydroxyl groups excluding tert-OH is 1. The Hall–Kier alpha value is -1.59. The monoisotopic (exact) mass is 304 g/mol. The van der Waals surface area contributed by atoms with Crippen molar-refractivity contribution < 1.29 is 14.6 Å². The molecule has 2 heterocycles. The predicted molar refractivity (Wildman–Crippen MR) is 85.1 cm³/mol. The minimum Gasteiger partial charge on any atom is -0.396 e. The largest absolute Gasteiger partial charge is 0.396 e. The number of ether oxygens (including phenoxy) is 1. The molecule has 3 rings (SSSR count). The van der Waals surface area contributed by atoms with Crippen LogP contribution in [0.5, 0.6) is 0 Å². The van der Waals surface area contributed by atoms with Crippen LogP contribution in [-0.2, 0) is 4.74 Å². The normalized spacial score (nSPS) is 19.8. The molecule has 0 unspecified atom stereocenters. The molecule has 0 atom stereocenters. The number of amides is 1. The van der Waals surface area contributed by atoms with Gasteiger partial charge in [0.15, 0.2) is 0 Å². The van der Waals surface area contributed by atoms with Crippen LogP contribution >= 0.6 is 0 Å². The average molecular weight is 304 g/mol. The van der Waals surface area contributed by atoms with Crippen molar-refractivity contribution in [1.29, 1.82) is 0 Å². The molecule has 2 aliphatic rings. The molecule has 2 N–H and O–H groups in total. The summed E-state index contributed by atoms with van der Waals surface area (Å²) < 4.78 is 5.21. The Morgan fingerprint density at radius 2 is 2.09 bits per heavy atom. The Morgan fingerprint density at radius 3 is 2.64 bits per heavy atom. The number of nitrogens with one attached hydrogen (secondary N) is 1. The van der Waals surface area contributed by atoms with E-state index in [0.717, 1.165) is 42.7 Å². The number of carbonyl (C=O) groups excluding carboxylic acids is 1. The van der Waals surface area contributed by atoms with E-state index in [1.807, 2.05) is 30.0 Å². The lowest BCUT2D eigenvalue weighted by molar-refractivity contribution is -0.128. The van der Waals surface area contributed by atoms with Crippen LogP contribution in [0.2, 0.25) is 0 Å². The van der Waals surface area contributed by atoms with E-state index in [2.05, 4.69) is 5.32 Å². The quantitative estimate of drug-likeness (QED) is 0.868. The molecule has 2 aliphatic heterocycles. The van der Waals surface area contributed by atoms with Crippen molar-refractivity contribution in [3.63, 3.8) is 0 Å². The van der Waals surface area contributed by atoms with Gasteiger partial charge in [-0.25, -0.2) is 0 Å². The SMILES string of the molecule is Cc1cc(C(=O)N2CCCC2)ccc1NCC1(CO)COC1. The fourth-order valence-corrected chi connectivity index (χ4v) is 3.02. The summed E-state index contributed by atoms with van der Waals surface area (Å²) in [7, 11) is 0. The zero-order valence-corrected chi connectivity index (χ0v) is 13.1. The van der Waals surface area contributed by atoms with Crippen LogP contribution < -0.4 is 5.32 Å². The van der Waals surface area contributed by atoms with E-state index in [1.165, 1.54) is 0 Å². The maximum Gasteiger partial charge on any atom is 0.253 e. The van der Waals surface area contributed by atoms with Crippen LogP contribution in [0.15, 0.2) is 18.2 Å². The van der Waals surface area contributed by atoms with Crippen molar-refractivity contribution in [2.24, 2.45) is 5.41 Å². The molecule has 0 aliphatic carbocycles. The standard InChI is InChI=1S/C17H24N2O3/c1-13-8-14(16(21)19-6-2-3-7-19)4-5-15(13)18-9-17(10-20)11-22-12-17/h4-5,8,18,20H,2-3,6-7,9-12H2,1H3. The van der Waals surface area contributed by atoms with E-state index in [1.54, 1.807) is 0 Å². The molecule has 0 aromatic heterocycles. The number of nitrogens with zero attached hydrogens (tertiary/aromatic N) is 1. The molecule has 5 heteroatoms. The van der Waals surface area contributed by atoms with Crippen LogP contribution in [0.4, 0.5) is 5.69 Å². The number of likely N-dealkylation sites (tertiary alicyclic amines) is 1. The van der Waals surface area contributed by atoms with Crippen LogP contribution in [0.25, 0.3) is 0 Å². The second-order valence-corrected chi connectivity index (χ2v) is 6.53. The predicted octanol–water partition coefficient (Wildman–Crippen LogP) is 1.65. The first-order valence-electron chi connectivity index (χ1n) is 7.96. The fraction of sp³-hybridized carbons (Fsp3) is 0.588. The lowest BCUT2D eigenvalue weighted by Gasteiger charge is -2.40. The van der Waals surface area contributed by atoms with Crippen LogP contribution in [0.3, 0.4) is 0 Å². The van der Waals surface area contributed by atoms with Gasteiger partial charge in [0.25, 0.3) is 5.91 Å². The van der Waals surface area contributed by atoms with E-state index >= 15 is 0 Å². The van der Waals surface area contributed by atoms with E-state index < -0.39 is 0 Å². The first kappa shape index (κ1) is 15.3. The van der Waals surface area contributed by atoms with Crippen LogP contribution in [0.1, 0.15) is 28.8 Å². The Balaban J connectivity index is 1.65. The highest BCUT2D eigenvalue weighted by Crippen LogP contribution is 2.28. The van der Waals surface area contributed by atoms with Crippen molar-refractivity contribution in [3.05, 3.63) is 29.3 Å². The van der Waals surface area contributed by atoms with Crippen molar-refractivity contribution >= 4 is 11.6 Å². The maximum absolute atomic E-state index is 12.4. The molecule has 0 bridgehead atoms. The van der Waals surface area contributed by atoms with Crippen LogP contribution in [0, 0.1) is 12.3 Å². The maximum atomic E-state index is 12.4. The van der Waals surface area contributed by atoms with Gasteiger partial charge in [-0.1, -0.05) is 0 Å². The fourth-order valence-electron chi connectivity index (χ4n) is 3.02. The molecule has 1 aromatic carbocycles. The molecule has 120 valence electrons. The Bertz CT molecular complexity index is 543. The number of aliphatic hydroxyl groups is 1. The van der Waals surface area contributed by atoms with Gasteiger partial charge < -0.3 is 20.1 Å². The van der Waals surface area contributed by atoms with Crippen LogP contribution in [-0.4, -0.2) is 55.4 Å². The van der Waals surface area contributed by atoms with E-state index in [4.69, 9.17) is 4.74 Å². The van der Waals surface area contributed by atoms with Gasteiger partial charge in [0.05, 0.1) is 25.2 Å². The van der Waals surface area contributed by atoms with Crippen molar-refractivity contribution in [2.75, 3.05) is 44.8 Å². The van der Waals surface area contributed by atoms with E-state index in [9.17, 15) is 9.90 Å². The number of aryl methyl sites for hydroxylation is 1. The van der Waals surface area contributed by atoms with Gasteiger partial charge in [0, 0.05) is 30.9 Å². The summed E-state index contributed by atoms with van der Waals surface area (Å²) in [6, 6.07) is 5.80. The zero-order valence-electron chi connectivity index (χ0n) is 13.1. The van der Waals surface area contributed by atoms with E-state index in [-0.39, 0.29) is 17.9 Å². The number of carbonyl (C=O) groups is 1. The number of benzene rings is 1. The van der Waals surface area contributed by atoms with Crippen molar-refractivity contribution in [2.45, 2.75) is 19.8 Å². The summed E-state index contributed by atoms with van der Waals surface area (Å²) in [6.07, 6.45) is 2.21. The minimum atomic E-state index is -0.156. The van der Waals surface area contributed by atoms with Gasteiger partial charge >= 0.3 is 0 Å². The summed E-state index contributed by atoms with van der Waals surface area (Å²) in [6.45, 7) is 5.76. The Labute approximate surface area is 131 Å².